The Hall–Kier alpha value is -2.83. The molecule has 0 bridgehead atoms. The molecule has 144 valence electrons. The van der Waals surface area contributed by atoms with Crippen molar-refractivity contribution in [1.82, 2.24) is 20.2 Å². The Bertz CT molecular complexity index is 715. The predicted molar refractivity (Wildman–Crippen MR) is 105 cm³/mol. The zero-order valence-corrected chi connectivity index (χ0v) is 16.0. The quantitative estimate of drug-likeness (QED) is 0.848. The van der Waals surface area contributed by atoms with Gasteiger partial charge in [0.05, 0.1) is 6.61 Å². The number of piperidine rings is 1. The van der Waals surface area contributed by atoms with E-state index in [1.807, 2.05) is 44.3 Å². The molecule has 7 nitrogen and oxygen atoms in total. The summed E-state index contributed by atoms with van der Waals surface area (Å²) in [6, 6.07) is 9.81. The SMILES string of the molecule is CCOc1ccc(CN(C)C(=O)NC2CCN(c3ncccn3)CC2)cc1. The molecule has 0 saturated carbocycles. The van der Waals surface area contributed by atoms with Gasteiger partial charge in [-0.25, -0.2) is 14.8 Å². The van der Waals surface area contributed by atoms with E-state index < -0.39 is 0 Å². The number of hydrogen-bond donors (Lipinski definition) is 1. The average Bonchev–Trinajstić information content (AvgIpc) is 2.71. The first-order valence-electron chi connectivity index (χ1n) is 9.41. The molecule has 7 heteroatoms. The summed E-state index contributed by atoms with van der Waals surface area (Å²) >= 11 is 0. The Labute approximate surface area is 160 Å². The second-order valence-corrected chi connectivity index (χ2v) is 6.69. The molecule has 1 aromatic carbocycles. The van der Waals surface area contributed by atoms with Gasteiger partial charge in [0.1, 0.15) is 5.75 Å². The van der Waals surface area contributed by atoms with E-state index in [2.05, 4.69) is 20.2 Å². The van der Waals surface area contributed by atoms with Gasteiger partial charge >= 0.3 is 6.03 Å². The van der Waals surface area contributed by atoms with Crippen LogP contribution >= 0.6 is 0 Å². The monoisotopic (exact) mass is 369 g/mol. The van der Waals surface area contributed by atoms with Crippen LogP contribution in [0.1, 0.15) is 25.3 Å². The van der Waals surface area contributed by atoms with E-state index in [4.69, 9.17) is 4.74 Å². The minimum absolute atomic E-state index is 0.0432. The third-order valence-electron chi connectivity index (χ3n) is 4.66. The van der Waals surface area contributed by atoms with Crippen molar-refractivity contribution in [2.75, 3.05) is 31.6 Å². The minimum Gasteiger partial charge on any atom is -0.494 e. The van der Waals surface area contributed by atoms with Crippen LogP contribution in [0.2, 0.25) is 0 Å². The Kier molecular flexibility index (Phi) is 6.46. The highest BCUT2D eigenvalue weighted by atomic mass is 16.5. The van der Waals surface area contributed by atoms with E-state index >= 15 is 0 Å². The van der Waals surface area contributed by atoms with Crippen molar-refractivity contribution in [2.45, 2.75) is 32.4 Å². The van der Waals surface area contributed by atoms with E-state index in [0.717, 1.165) is 43.2 Å². The number of rotatable bonds is 6. The Morgan fingerprint density at radius 3 is 2.52 bits per heavy atom. The number of amides is 2. The number of aromatic nitrogens is 2. The number of hydrogen-bond acceptors (Lipinski definition) is 5. The van der Waals surface area contributed by atoms with Gasteiger partial charge in [-0.2, -0.15) is 0 Å². The molecule has 1 aliphatic heterocycles. The van der Waals surface area contributed by atoms with Gasteiger partial charge in [0.25, 0.3) is 0 Å². The molecule has 3 rings (SSSR count). The number of benzene rings is 1. The number of carbonyl (C=O) groups excluding carboxylic acids is 1. The smallest absolute Gasteiger partial charge is 0.317 e. The van der Waals surface area contributed by atoms with Gasteiger partial charge in [-0.15, -0.1) is 0 Å². The molecule has 0 atom stereocenters. The van der Waals surface area contributed by atoms with Gasteiger partial charge < -0.3 is 19.9 Å². The second-order valence-electron chi connectivity index (χ2n) is 6.69. The fourth-order valence-electron chi connectivity index (χ4n) is 3.17. The number of ether oxygens (including phenoxy) is 1. The van der Waals surface area contributed by atoms with Crippen molar-refractivity contribution < 1.29 is 9.53 Å². The summed E-state index contributed by atoms with van der Waals surface area (Å²) in [6.07, 6.45) is 5.29. The third-order valence-corrected chi connectivity index (χ3v) is 4.66. The lowest BCUT2D eigenvalue weighted by molar-refractivity contribution is 0.200. The van der Waals surface area contributed by atoms with Gasteiger partial charge in [-0.3, -0.25) is 0 Å². The van der Waals surface area contributed by atoms with Crippen LogP contribution in [0.25, 0.3) is 0 Å². The maximum atomic E-state index is 12.5. The maximum absolute atomic E-state index is 12.5. The molecule has 1 aromatic heterocycles. The molecule has 1 saturated heterocycles. The highest BCUT2D eigenvalue weighted by Gasteiger charge is 2.23. The lowest BCUT2D eigenvalue weighted by Crippen LogP contribution is -2.48. The van der Waals surface area contributed by atoms with Crippen molar-refractivity contribution in [3.8, 4) is 5.75 Å². The van der Waals surface area contributed by atoms with Crippen LogP contribution in [-0.4, -0.2) is 53.7 Å². The first-order chi connectivity index (χ1) is 13.2. The Morgan fingerprint density at radius 2 is 1.89 bits per heavy atom. The zero-order valence-electron chi connectivity index (χ0n) is 16.0. The fraction of sp³-hybridized carbons (Fsp3) is 0.450. The summed E-state index contributed by atoms with van der Waals surface area (Å²) in [5.74, 6) is 1.61. The second kappa shape index (κ2) is 9.21. The van der Waals surface area contributed by atoms with Crippen molar-refractivity contribution in [3.63, 3.8) is 0 Å². The molecular weight excluding hydrogens is 342 g/mol. The fourth-order valence-corrected chi connectivity index (χ4v) is 3.17. The van der Waals surface area contributed by atoms with Crippen LogP contribution in [-0.2, 0) is 6.54 Å². The lowest BCUT2D eigenvalue weighted by Gasteiger charge is -2.33. The Balaban J connectivity index is 1.44. The molecule has 2 heterocycles. The number of nitrogens with one attached hydrogen (secondary N) is 1. The van der Waals surface area contributed by atoms with Gasteiger partial charge in [-0.05, 0) is 43.5 Å². The van der Waals surface area contributed by atoms with E-state index in [1.54, 1.807) is 17.3 Å². The van der Waals surface area contributed by atoms with Crippen LogP contribution in [0.4, 0.5) is 10.7 Å². The number of nitrogens with zero attached hydrogens (tertiary/aromatic N) is 4. The van der Waals surface area contributed by atoms with E-state index in [0.29, 0.717) is 13.2 Å². The standard InChI is InChI=1S/C20H27N5O2/c1-3-27-18-7-5-16(6-8-18)15-24(2)20(26)23-17-9-13-25(14-10-17)19-21-11-4-12-22-19/h4-8,11-12,17H,3,9-10,13-15H2,1-2H3,(H,23,26). The Morgan fingerprint density at radius 1 is 1.22 bits per heavy atom. The molecule has 0 aliphatic carbocycles. The van der Waals surface area contributed by atoms with Gasteiger partial charge in [0.2, 0.25) is 5.95 Å². The molecular formula is C20H27N5O2. The summed E-state index contributed by atoms with van der Waals surface area (Å²) in [4.78, 5) is 24.9. The molecule has 0 spiro atoms. The summed E-state index contributed by atoms with van der Waals surface area (Å²) in [7, 11) is 1.82. The number of urea groups is 1. The summed E-state index contributed by atoms with van der Waals surface area (Å²) in [6.45, 7) is 4.87. The normalized spacial score (nSPS) is 14.7. The average molecular weight is 369 g/mol. The van der Waals surface area contributed by atoms with Gasteiger partial charge in [0.15, 0.2) is 0 Å². The van der Waals surface area contributed by atoms with Crippen LogP contribution in [0, 0.1) is 0 Å². The van der Waals surface area contributed by atoms with Crippen LogP contribution in [0.3, 0.4) is 0 Å². The topological polar surface area (TPSA) is 70.6 Å². The molecule has 1 N–H and O–H groups in total. The van der Waals surface area contributed by atoms with E-state index in [9.17, 15) is 4.79 Å². The van der Waals surface area contributed by atoms with Crippen molar-refractivity contribution in [1.29, 1.82) is 0 Å². The molecule has 2 amide bonds. The van der Waals surface area contributed by atoms with Crippen molar-refractivity contribution in [2.24, 2.45) is 0 Å². The molecule has 1 aliphatic rings. The van der Waals surface area contributed by atoms with Crippen molar-refractivity contribution in [3.05, 3.63) is 48.3 Å². The van der Waals surface area contributed by atoms with E-state index in [1.165, 1.54) is 0 Å². The first-order valence-corrected chi connectivity index (χ1v) is 9.41. The van der Waals surface area contributed by atoms with Crippen molar-refractivity contribution >= 4 is 12.0 Å². The van der Waals surface area contributed by atoms with Crippen LogP contribution in [0.15, 0.2) is 42.7 Å². The lowest BCUT2D eigenvalue weighted by atomic mass is 10.1. The van der Waals surface area contributed by atoms with Crippen LogP contribution < -0.4 is 15.0 Å². The zero-order chi connectivity index (χ0) is 19.1. The van der Waals surface area contributed by atoms with Crippen LogP contribution in [0.5, 0.6) is 5.75 Å². The molecule has 0 radical (unpaired) electrons. The van der Waals surface area contributed by atoms with Gasteiger partial charge in [-0.1, -0.05) is 12.1 Å². The predicted octanol–water partition coefficient (Wildman–Crippen LogP) is 2.69. The third kappa shape index (κ3) is 5.32. The summed E-state index contributed by atoms with van der Waals surface area (Å²) < 4.78 is 5.45. The summed E-state index contributed by atoms with van der Waals surface area (Å²) in [5, 5.41) is 3.14. The minimum atomic E-state index is -0.0432. The molecule has 0 unspecified atom stereocenters. The summed E-state index contributed by atoms with van der Waals surface area (Å²) in [5.41, 5.74) is 1.08. The highest BCUT2D eigenvalue weighted by Crippen LogP contribution is 2.16. The van der Waals surface area contributed by atoms with E-state index in [-0.39, 0.29) is 12.1 Å². The molecule has 1 fully saturated rings. The molecule has 27 heavy (non-hydrogen) atoms. The maximum Gasteiger partial charge on any atom is 0.317 e. The largest absolute Gasteiger partial charge is 0.494 e. The van der Waals surface area contributed by atoms with Gasteiger partial charge in [0, 0.05) is 45.1 Å². The number of anilines is 1. The number of carbonyl (C=O) groups is 1. The highest BCUT2D eigenvalue weighted by molar-refractivity contribution is 5.74. The molecule has 2 aromatic rings. The first kappa shape index (κ1) is 18.9.